The molecule has 3 heterocycles. The number of para-hydroxylation sites is 4. The molecule has 0 saturated carbocycles. The van der Waals surface area contributed by atoms with Gasteiger partial charge in [0.2, 0.25) is 0 Å². The third-order valence-electron chi connectivity index (χ3n) is 13.6. The van der Waals surface area contributed by atoms with Crippen LogP contribution in [0, 0.1) is 0 Å². The lowest BCUT2D eigenvalue weighted by molar-refractivity contribution is 1.18. The van der Waals surface area contributed by atoms with E-state index in [0.717, 1.165) is 56.4 Å². The second-order valence-corrected chi connectivity index (χ2v) is 17.1. The highest BCUT2D eigenvalue weighted by Crippen LogP contribution is 2.51. The zero-order valence-corrected chi connectivity index (χ0v) is 35.8. The van der Waals surface area contributed by atoms with Crippen molar-refractivity contribution in [3.05, 3.63) is 237 Å². The Morgan fingerprint density at radius 1 is 0.288 bits per heavy atom. The van der Waals surface area contributed by atoms with E-state index in [1.807, 2.05) is 6.20 Å². The number of hydrogen-bond acceptors (Lipinski definition) is 3. The number of rotatable bonds is 8. The van der Waals surface area contributed by atoms with Gasteiger partial charge in [-0.05, 0) is 120 Å². The molecular formula is C61H39N5. The molecule has 308 valence electrons. The Kier molecular flexibility index (Phi) is 7.91. The Hall–Kier alpha value is -8.93. The topological polar surface area (TPSA) is 29.2 Å². The van der Waals surface area contributed by atoms with Gasteiger partial charge in [0, 0.05) is 66.6 Å². The minimum Gasteiger partial charge on any atom is -0.309 e. The van der Waals surface area contributed by atoms with Gasteiger partial charge in [0.25, 0.3) is 0 Å². The van der Waals surface area contributed by atoms with Crippen LogP contribution in [0.15, 0.2) is 237 Å². The van der Waals surface area contributed by atoms with Crippen LogP contribution >= 0.6 is 0 Å². The molecule has 0 radical (unpaired) electrons. The lowest BCUT2D eigenvalue weighted by Crippen LogP contribution is -2.14. The summed E-state index contributed by atoms with van der Waals surface area (Å²) in [5.74, 6) is 0. The molecular weight excluding hydrogens is 803 g/mol. The van der Waals surface area contributed by atoms with Crippen LogP contribution in [0.1, 0.15) is 0 Å². The van der Waals surface area contributed by atoms with Crippen LogP contribution in [0.25, 0.3) is 87.4 Å². The van der Waals surface area contributed by atoms with Crippen molar-refractivity contribution in [3.63, 3.8) is 0 Å². The summed E-state index contributed by atoms with van der Waals surface area (Å²) in [5, 5.41) is 10.9. The van der Waals surface area contributed by atoms with Crippen LogP contribution in [-0.2, 0) is 0 Å². The van der Waals surface area contributed by atoms with E-state index < -0.39 is 0 Å². The van der Waals surface area contributed by atoms with Gasteiger partial charge >= 0.3 is 0 Å². The highest BCUT2D eigenvalue weighted by atomic mass is 15.2. The van der Waals surface area contributed by atoms with Crippen molar-refractivity contribution in [1.82, 2.24) is 14.1 Å². The predicted octanol–water partition coefficient (Wildman–Crippen LogP) is 16.6. The number of aromatic nitrogens is 3. The van der Waals surface area contributed by atoms with E-state index in [2.05, 4.69) is 249 Å². The van der Waals surface area contributed by atoms with Gasteiger partial charge in [-0.1, -0.05) is 121 Å². The van der Waals surface area contributed by atoms with Crippen molar-refractivity contribution >= 4 is 110 Å². The summed E-state index contributed by atoms with van der Waals surface area (Å²) in [5.41, 5.74) is 14.4. The Balaban J connectivity index is 1.01. The molecule has 11 aromatic carbocycles. The van der Waals surface area contributed by atoms with Crippen molar-refractivity contribution in [2.45, 2.75) is 0 Å². The first kappa shape index (κ1) is 36.5. The molecule has 0 unspecified atom stereocenters. The summed E-state index contributed by atoms with van der Waals surface area (Å²) in [6.45, 7) is 0. The largest absolute Gasteiger partial charge is 0.309 e. The molecule has 0 aliphatic carbocycles. The lowest BCUT2D eigenvalue weighted by atomic mass is 9.98. The summed E-state index contributed by atoms with van der Waals surface area (Å²) in [4.78, 5) is 10.1. The maximum Gasteiger partial charge on any atom is 0.0963 e. The fourth-order valence-corrected chi connectivity index (χ4v) is 10.9. The van der Waals surface area contributed by atoms with E-state index in [9.17, 15) is 0 Å². The summed E-state index contributed by atoms with van der Waals surface area (Å²) in [6.07, 6.45) is 1.93. The van der Waals surface area contributed by atoms with E-state index in [1.54, 1.807) is 0 Å². The molecule has 0 amide bonds. The van der Waals surface area contributed by atoms with Crippen LogP contribution in [0.4, 0.5) is 34.1 Å². The van der Waals surface area contributed by atoms with Gasteiger partial charge in [-0.25, -0.2) is 0 Å². The van der Waals surface area contributed by atoms with Gasteiger partial charge in [-0.3, -0.25) is 4.98 Å². The van der Waals surface area contributed by atoms with Gasteiger partial charge in [-0.15, -0.1) is 0 Å². The number of benzene rings is 11. The molecule has 0 bridgehead atoms. The SMILES string of the molecule is c1ccc(N(c2ccc(N(c3ccccc3)c3ccc4c5c3ccc3cccc(c35)n4-c3ccccc3)c3ncccc23)c2ccc3c4c2ccc2cccc(c24)n3-c2ccccc2)cc1. The minimum absolute atomic E-state index is 0.910. The summed E-state index contributed by atoms with van der Waals surface area (Å²) in [7, 11) is 0. The predicted molar refractivity (Wildman–Crippen MR) is 277 cm³/mol. The molecule has 14 aromatic rings. The van der Waals surface area contributed by atoms with E-state index in [1.165, 1.54) is 65.2 Å². The molecule has 0 fully saturated rings. The minimum atomic E-state index is 0.910. The molecule has 0 spiro atoms. The first-order valence-corrected chi connectivity index (χ1v) is 22.6. The fourth-order valence-electron chi connectivity index (χ4n) is 10.9. The number of hydrogen-bond donors (Lipinski definition) is 0. The van der Waals surface area contributed by atoms with Crippen molar-refractivity contribution < 1.29 is 0 Å². The first-order chi connectivity index (χ1) is 32.8. The number of fused-ring (bicyclic) bond motifs is 1. The molecule has 14 rings (SSSR count). The van der Waals surface area contributed by atoms with Gasteiger partial charge in [0.1, 0.15) is 0 Å². The van der Waals surface area contributed by atoms with Crippen LogP contribution in [0.3, 0.4) is 0 Å². The van der Waals surface area contributed by atoms with Crippen molar-refractivity contribution in [2.75, 3.05) is 9.80 Å². The smallest absolute Gasteiger partial charge is 0.0963 e. The molecule has 0 aliphatic rings. The number of anilines is 6. The first-order valence-electron chi connectivity index (χ1n) is 22.6. The van der Waals surface area contributed by atoms with Crippen LogP contribution in [-0.4, -0.2) is 14.1 Å². The maximum atomic E-state index is 5.28. The van der Waals surface area contributed by atoms with E-state index >= 15 is 0 Å². The highest BCUT2D eigenvalue weighted by Gasteiger charge is 2.27. The average Bonchev–Trinajstić information content (AvgIpc) is 3.92. The Morgan fingerprint density at radius 2 is 0.712 bits per heavy atom. The average molecular weight is 842 g/mol. The monoisotopic (exact) mass is 841 g/mol. The molecule has 5 heteroatoms. The van der Waals surface area contributed by atoms with Crippen molar-refractivity contribution in [2.24, 2.45) is 0 Å². The van der Waals surface area contributed by atoms with Crippen molar-refractivity contribution in [1.29, 1.82) is 0 Å². The normalized spacial score (nSPS) is 11.9. The summed E-state index contributed by atoms with van der Waals surface area (Å²) in [6, 6.07) is 83.5. The van der Waals surface area contributed by atoms with Crippen LogP contribution in [0.5, 0.6) is 0 Å². The third kappa shape index (κ3) is 5.25. The maximum absolute atomic E-state index is 5.28. The summed E-state index contributed by atoms with van der Waals surface area (Å²) >= 11 is 0. The zero-order chi connectivity index (χ0) is 43.3. The van der Waals surface area contributed by atoms with Crippen LogP contribution < -0.4 is 9.80 Å². The molecule has 0 aliphatic heterocycles. The molecule has 5 nitrogen and oxygen atoms in total. The molecule has 0 N–H and O–H groups in total. The van der Waals surface area contributed by atoms with Crippen LogP contribution in [0.2, 0.25) is 0 Å². The molecule has 3 aromatic heterocycles. The van der Waals surface area contributed by atoms with E-state index in [-0.39, 0.29) is 0 Å². The molecule has 0 atom stereocenters. The Labute approximate surface area is 380 Å². The third-order valence-corrected chi connectivity index (χ3v) is 13.6. The molecule has 66 heavy (non-hydrogen) atoms. The standard InChI is InChI=1S/C61H39N5/c1-5-18-42(19-6-1)63(49-33-36-54-59-46(49)31-29-40-16-13-27-52(57(40)59)65(54)44-22-9-3-10-23-44)51-35-38-56(61-48(51)26-15-39-62-61)64(43-20-7-2-8-21-43)50-34-37-55-60-47(50)32-30-41-17-14-28-53(58(41)60)66(55)45-24-11-4-12-25-45/h1-39H. The number of pyridine rings is 1. The van der Waals surface area contributed by atoms with Crippen molar-refractivity contribution in [3.8, 4) is 11.4 Å². The van der Waals surface area contributed by atoms with Gasteiger partial charge in [0.15, 0.2) is 0 Å². The number of nitrogens with zero attached hydrogens (tertiary/aromatic N) is 5. The Morgan fingerprint density at radius 3 is 1.23 bits per heavy atom. The fraction of sp³-hybridized carbons (Fsp3) is 0. The molecule has 0 saturated heterocycles. The van der Waals surface area contributed by atoms with E-state index in [4.69, 9.17) is 4.98 Å². The van der Waals surface area contributed by atoms with Gasteiger partial charge in [0.05, 0.1) is 50.3 Å². The second kappa shape index (κ2) is 14.3. The lowest BCUT2D eigenvalue weighted by Gasteiger charge is -2.31. The highest BCUT2D eigenvalue weighted by molar-refractivity contribution is 6.28. The quantitative estimate of drug-likeness (QED) is 0.143. The van der Waals surface area contributed by atoms with E-state index in [0.29, 0.717) is 0 Å². The van der Waals surface area contributed by atoms with Gasteiger partial charge < -0.3 is 18.9 Å². The summed E-state index contributed by atoms with van der Waals surface area (Å²) < 4.78 is 4.82. The second-order valence-electron chi connectivity index (χ2n) is 17.1. The Bertz CT molecular complexity index is 3830. The zero-order valence-electron chi connectivity index (χ0n) is 35.8. The van der Waals surface area contributed by atoms with Gasteiger partial charge in [-0.2, -0.15) is 0 Å².